The van der Waals surface area contributed by atoms with Crippen LogP contribution < -0.4 is 5.56 Å². The van der Waals surface area contributed by atoms with Crippen molar-refractivity contribution in [3.05, 3.63) is 62.0 Å². The molecule has 3 nitrogen and oxygen atoms in total. The molecule has 0 bridgehead atoms. The first kappa shape index (κ1) is 14.0. The van der Waals surface area contributed by atoms with Gasteiger partial charge in [-0.25, -0.2) is 9.37 Å². The third kappa shape index (κ3) is 3.14. The fourth-order valence-electron chi connectivity index (χ4n) is 1.78. The zero-order chi connectivity index (χ0) is 14.0. The highest BCUT2D eigenvalue weighted by Gasteiger charge is 2.09. The van der Waals surface area contributed by atoms with Crippen LogP contribution in [0.1, 0.15) is 18.3 Å². The van der Waals surface area contributed by atoms with Crippen molar-refractivity contribution in [1.29, 1.82) is 0 Å². The van der Waals surface area contributed by atoms with Gasteiger partial charge in [-0.2, -0.15) is 0 Å². The monoisotopic (exact) mass is 300 g/mol. The van der Waals surface area contributed by atoms with E-state index in [4.69, 9.17) is 23.2 Å². The standard InChI is InChI=1S/C13H11Cl2FN2O/c1-2-12-17-11(15)6-13(19)18(12)7-8-3-4-9(16)5-10(8)14/h3-6H,2,7H2,1H3. The molecule has 0 unspecified atom stereocenters. The van der Waals surface area contributed by atoms with Crippen molar-refractivity contribution in [2.75, 3.05) is 0 Å². The molecule has 1 aromatic heterocycles. The first-order chi connectivity index (χ1) is 9.01. The Labute approximate surface area is 119 Å². The molecule has 100 valence electrons. The summed E-state index contributed by atoms with van der Waals surface area (Å²) in [6.07, 6.45) is 0.564. The molecule has 6 heteroatoms. The van der Waals surface area contributed by atoms with Crippen molar-refractivity contribution in [2.45, 2.75) is 19.9 Å². The number of aromatic nitrogens is 2. The van der Waals surface area contributed by atoms with Crippen LogP contribution in [0.3, 0.4) is 0 Å². The minimum atomic E-state index is -0.411. The SMILES string of the molecule is CCc1nc(Cl)cc(=O)n1Cc1ccc(F)cc1Cl. The number of benzene rings is 1. The molecule has 0 amide bonds. The van der Waals surface area contributed by atoms with E-state index in [9.17, 15) is 9.18 Å². The van der Waals surface area contributed by atoms with Crippen molar-refractivity contribution in [3.63, 3.8) is 0 Å². The molecule has 0 aliphatic carbocycles. The van der Waals surface area contributed by atoms with Crippen LogP contribution in [-0.2, 0) is 13.0 Å². The molecule has 2 aromatic rings. The number of nitrogens with zero attached hydrogens (tertiary/aromatic N) is 2. The normalized spacial score (nSPS) is 10.7. The van der Waals surface area contributed by atoms with Crippen LogP contribution in [0.2, 0.25) is 10.2 Å². The highest BCUT2D eigenvalue weighted by atomic mass is 35.5. The maximum atomic E-state index is 13.0. The molecule has 19 heavy (non-hydrogen) atoms. The third-order valence-electron chi connectivity index (χ3n) is 2.72. The van der Waals surface area contributed by atoms with Crippen molar-refractivity contribution >= 4 is 23.2 Å². The van der Waals surface area contributed by atoms with Gasteiger partial charge in [-0.3, -0.25) is 9.36 Å². The lowest BCUT2D eigenvalue weighted by Gasteiger charge is -2.12. The minimum Gasteiger partial charge on any atom is -0.292 e. The quantitative estimate of drug-likeness (QED) is 0.815. The molecular weight excluding hydrogens is 290 g/mol. The second kappa shape index (κ2) is 5.72. The molecule has 0 aliphatic heterocycles. The second-order valence-corrected chi connectivity index (χ2v) is 4.80. The fraction of sp³-hybridized carbons (Fsp3) is 0.231. The first-order valence-corrected chi connectivity index (χ1v) is 6.47. The predicted molar refractivity (Wildman–Crippen MR) is 73.4 cm³/mol. The summed E-state index contributed by atoms with van der Waals surface area (Å²) in [5, 5.41) is 0.451. The summed E-state index contributed by atoms with van der Waals surface area (Å²) in [6, 6.07) is 5.33. The average molecular weight is 301 g/mol. The number of aryl methyl sites for hydroxylation is 1. The van der Waals surface area contributed by atoms with Gasteiger partial charge in [0.1, 0.15) is 16.8 Å². The Kier molecular flexibility index (Phi) is 4.22. The summed E-state index contributed by atoms with van der Waals surface area (Å²) in [6.45, 7) is 2.12. The first-order valence-electron chi connectivity index (χ1n) is 5.71. The number of hydrogen-bond donors (Lipinski definition) is 0. The van der Waals surface area contributed by atoms with Crippen molar-refractivity contribution in [1.82, 2.24) is 9.55 Å². The molecule has 0 N–H and O–H groups in total. The Morgan fingerprint density at radius 2 is 2.05 bits per heavy atom. The summed E-state index contributed by atoms with van der Waals surface area (Å²) in [5.41, 5.74) is 0.404. The van der Waals surface area contributed by atoms with Crippen molar-refractivity contribution < 1.29 is 4.39 Å². The molecule has 0 spiro atoms. The third-order valence-corrected chi connectivity index (χ3v) is 3.26. The van der Waals surface area contributed by atoms with Gasteiger partial charge in [0.15, 0.2) is 0 Å². The van der Waals surface area contributed by atoms with Gasteiger partial charge in [0.25, 0.3) is 5.56 Å². The predicted octanol–water partition coefficient (Wildman–Crippen LogP) is 3.30. The summed E-state index contributed by atoms with van der Waals surface area (Å²) in [5.74, 6) is 0.156. The molecule has 0 fully saturated rings. The lowest BCUT2D eigenvalue weighted by Crippen LogP contribution is -2.24. The van der Waals surface area contributed by atoms with E-state index in [1.54, 1.807) is 6.07 Å². The summed E-state index contributed by atoms with van der Waals surface area (Å²) in [4.78, 5) is 16.0. The van der Waals surface area contributed by atoms with Crippen LogP contribution >= 0.6 is 23.2 Å². The van der Waals surface area contributed by atoms with Crippen LogP contribution in [0.15, 0.2) is 29.1 Å². The van der Waals surface area contributed by atoms with E-state index in [1.165, 1.54) is 22.8 Å². The molecular formula is C13H11Cl2FN2O. The molecule has 0 aliphatic rings. The molecule has 0 radical (unpaired) electrons. The topological polar surface area (TPSA) is 34.9 Å². The minimum absolute atomic E-state index is 0.170. The number of rotatable bonds is 3. The Morgan fingerprint density at radius 1 is 1.32 bits per heavy atom. The van der Waals surface area contributed by atoms with Crippen LogP contribution in [0.4, 0.5) is 4.39 Å². The van der Waals surface area contributed by atoms with E-state index in [0.29, 0.717) is 17.8 Å². The molecule has 2 rings (SSSR count). The van der Waals surface area contributed by atoms with E-state index in [-0.39, 0.29) is 22.3 Å². The maximum Gasteiger partial charge on any atom is 0.255 e. The van der Waals surface area contributed by atoms with E-state index < -0.39 is 5.82 Å². The maximum absolute atomic E-state index is 13.0. The highest BCUT2D eigenvalue weighted by molar-refractivity contribution is 6.31. The van der Waals surface area contributed by atoms with Gasteiger partial charge in [-0.15, -0.1) is 0 Å². The van der Waals surface area contributed by atoms with Gasteiger partial charge < -0.3 is 0 Å². The Bertz CT molecular complexity index is 670. The van der Waals surface area contributed by atoms with Crippen LogP contribution in [0.25, 0.3) is 0 Å². The van der Waals surface area contributed by atoms with Gasteiger partial charge in [0.05, 0.1) is 6.54 Å². The number of hydrogen-bond acceptors (Lipinski definition) is 2. The molecule has 1 heterocycles. The number of halogens is 3. The molecule has 0 saturated heterocycles. The van der Waals surface area contributed by atoms with E-state index in [1.807, 2.05) is 6.92 Å². The van der Waals surface area contributed by atoms with Gasteiger partial charge in [0.2, 0.25) is 0 Å². The smallest absolute Gasteiger partial charge is 0.255 e. The second-order valence-electron chi connectivity index (χ2n) is 4.01. The van der Waals surface area contributed by atoms with E-state index in [2.05, 4.69) is 4.98 Å². The largest absolute Gasteiger partial charge is 0.292 e. The van der Waals surface area contributed by atoms with E-state index >= 15 is 0 Å². The Balaban J connectivity index is 2.46. The van der Waals surface area contributed by atoms with Gasteiger partial charge in [-0.1, -0.05) is 36.2 Å². The fourth-order valence-corrected chi connectivity index (χ4v) is 2.20. The zero-order valence-electron chi connectivity index (χ0n) is 10.2. The van der Waals surface area contributed by atoms with Crippen molar-refractivity contribution in [2.24, 2.45) is 0 Å². The highest BCUT2D eigenvalue weighted by Crippen LogP contribution is 2.18. The summed E-state index contributed by atoms with van der Waals surface area (Å²) in [7, 11) is 0. The molecule has 0 atom stereocenters. The summed E-state index contributed by atoms with van der Waals surface area (Å²) >= 11 is 11.7. The zero-order valence-corrected chi connectivity index (χ0v) is 11.7. The van der Waals surface area contributed by atoms with Crippen molar-refractivity contribution in [3.8, 4) is 0 Å². The lowest BCUT2D eigenvalue weighted by molar-refractivity contribution is 0.624. The van der Waals surface area contributed by atoms with Crippen LogP contribution in [0.5, 0.6) is 0 Å². The van der Waals surface area contributed by atoms with Crippen LogP contribution in [0, 0.1) is 5.82 Å². The Morgan fingerprint density at radius 3 is 2.68 bits per heavy atom. The van der Waals surface area contributed by atoms with E-state index in [0.717, 1.165) is 0 Å². The van der Waals surface area contributed by atoms with Gasteiger partial charge in [-0.05, 0) is 17.7 Å². The lowest BCUT2D eigenvalue weighted by atomic mass is 10.2. The summed E-state index contributed by atoms with van der Waals surface area (Å²) < 4.78 is 14.5. The Hall–Kier alpha value is -1.39. The van der Waals surface area contributed by atoms with Gasteiger partial charge in [0, 0.05) is 17.5 Å². The average Bonchev–Trinajstić information content (AvgIpc) is 2.34. The molecule has 0 saturated carbocycles. The molecule has 1 aromatic carbocycles. The van der Waals surface area contributed by atoms with Crippen LogP contribution in [-0.4, -0.2) is 9.55 Å². The van der Waals surface area contributed by atoms with Gasteiger partial charge >= 0.3 is 0 Å².